The van der Waals surface area contributed by atoms with Crippen LogP contribution in [-0.4, -0.2) is 33.3 Å². The van der Waals surface area contributed by atoms with Crippen molar-refractivity contribution in [3.05, 3.63) is 59.4 Å². The van der Waals surface area contributed by atoms with Gasteiger partial charge >= 0.3 is 0 Å². The standard InChI is InChI=1S/C19H18ClN3O/c20-16-7-4-14(5-8-16)17-12-21-18-9-6-15(13-23(17)18)19(24)22-10-2-1-3-11-22/h4-9,12-13H,1-3,10-11H2. The fraction of sp³-hybridized carbons (Fsp3) is 0.263. The van der Waals surface area contributed by atoms with Crippen LogP contribution >= 0.6 is 11.6 Å². The van der Waals surface area contributed by atoms with Crippen LogP contribution in [0.5, 0.6) is 0 Å². The van der Waals surface area contributed by atoms with Gasteiger partial charge in [0.25, 0.3) is 5.91 Å². The number of carbonyl (C=O) groups is 1. The lowest BCUT2D eigenvalue weighted by molar-refractivity contribution is 0.0724. The first-order valence-corrected chi connectivity index (χ1v) is 8.62. The van der Waals surface area contributed by atoms with Gasteiger partial charge in [0.15, 0.2) is 0 Å². The lowest BCUT2D eigenvalue weighted by atomic mass is 10.1. The Balaban J connectivity index is 1.72. The molecule has 4 nitrogen and oxygen atoms in total. The molecular weight excluding hydrogens is 322 g/mol. The van der Waals surface area contributed by atoms with Crippen LogP contribution in [0.4, 0.5) is 0 Å². The van der Waals surface area contributed by atoms with Crippen molar-refractivity contribution in [2.45, 2.75) is 19.3 Å². The van der Waals surface area contributed by atoms with E-state index in [9.17, 15) is 4.79 Å². The van der Waals surface area contributed by atoms with E-state index in [1.54, 1.807) is 0 Å². The number of nitrogens with zero attached hydrogens (tertiary/aromatic N) is 3. The Kier molecular flexibility index (Phi) is 3.98. The lowest BCUT2D eigenvalue weighted by Crippen LogP contribution is -2.35. The number of carbonyl (C=O) groups excluding carboxylic acids is 1. The zero-order valence-electron chi connectivity index (χ0n) is 13.3. The van der Waals surface area contributed by atoms with Gasteiger partial charge in [-0.1, -0.05) is 23.7 Å². The predicted octanol–water partition coefficient (Wildman–Crippen LogP) is 4.28. The molecule has 0 unspecified atom stereocenters. The molecule has 1 aliphatic heterocycles. The van der Waals surface area contributed by atoms with E-state index in [0.29, 0.717) is 10.6 Å². The average molecular weight is 340 g/mol. The Morgan fingerprint density at radius 3 is 2.50 bits per heavy atom. The van der Waals surface area contributed by atoms with Gasteiger partial charge in [-0.3, -0.25) is 9.20 Å². The van der Waals surface area contributed by atoms with Crippen molar-refractivity contribution in [2.24, 2.45) is 0 Å². The van der Waals surface area contributed by atoms with Gasteiger partial charge in [-0.15, -0.1) is 0 Å². The van der Waals surface area contributed by atoms with E-state index in [0.717, 1.165) is 42.8 Å². The van der Waals surface area contributed by atoms with Crippen LogP contribution in [0.1, 0.15) is 29.6 Å². The molecule has 0 bridgehead atoms. The fourth-order valence-electron chi connectivity index (χ4n) is 3.22. The number of hydrogen-bond acceptors (Lipinski definition) is 2. The summed E-state index contributed by atoms with van der Waals surface area (Å²) in [6, 6.07) is 11.4. The summed E-state index contributed by atoms with van der Waals surface area (Å²) < 4.78 is 1.97. The number of aromatic nitrogens is 2. The summed E-state index contributed by atoms with van der Waals surface area (Å²) in [5.74, 6) is 0.104. The van der Waals surface area contributed by atoms with E-state index in [-0.39, 0.29) is 5.91 Å². The van der Waals surface area contributed by atoms with Crippen LogP contribution in [0, 0.1) is 0 Å². The van der Waals surface area contributed by atoms with Crippen molar-refractivity contribution in [1.82, 2.24) is 14.3 Å². The van der Waals surface area contributed by atoms with Gasteiger partial charge in [0.05, 0.1) is 17.5 Å². The molecule has 0 radical (unpaired) electrons. The fourth-order valence-corrected chi connectivity index (χ4v) is 3.35. The first-order valence-electron chi connectivity index (χ1n) is 8.25. The van der Waals surface area contributed by atoms with E-state index in [4.69, 9.17) is 11.6 Å². The maximum Gasteiger partial charge on any atom is 0.255 e. The Bertz CT molecular complexity index is 879. The summed E-state index contributed by atoms with van der Waals surface area (Å²) >= 11 is 5.97. The van der Waals surface area contributed by atoms with Crippen LogP contribution in [0.15, 0.2) is 48.8 Å². The SMILES string of the molecule is O=C(c1ccc2ncc(-c3ccc(Cl)cc3)n2c1)N1CCCCC1. The molecule has 0 N–H and O–H groups in total. The van der Waals surface area contributed by atoms with Crippen LogP contribution in [0.25, 0.3) is 16.9 Å². The lowest BCUT2D eigenvalue weighted by Gasteiger charge is -2.26. The van der Waals surface area contributed by atoms with E-state index < -0.39 is 0 Å². The molecule has 3 aromatic rings. The largest absolute Gasteiger partial charge is 0.339 e. The minimum atomic E-state index is 0.104. The Labute approximate surface area is 145 Å². The maximum atomic E-state index is 12.7. The molecule has 1 aromatic carbocycles. The molecular formula is C19H18ClN3O. The molecule has 24 heavy (non-hydrogen) atoms. The topological polar surface area (TPSA) is 37.6 Å². The Hall–Kier alpha value is -2.33. The van der Waals surface area contributed by atoms with Gasteiger partial charge in [-0.05, 0) is 43.5 Å². The second kappa shape index (κ2) is 6.29. The summed E-state index contributed by atoms with van der Waals surface area (Å²) in [6.07, 6.45) is 7.12. The van der Waals surface area contributed by atoms with E-state index in [1.165, 1.54) is 6.42 Å². The normalized spacial score (nSPS) is 15.0. The van der Waals surface area contributed by atoms with Gasteiger partial charge in [0.1, 0.15) is 5.65 Å². The van der Waals surface area contributed by atoms with Crippen molar-refractivity contribution >= 4 is 23.2 Å². The third-order valence-electron chi connectivity index (χ3n) is 4.54. The van der Waals surface area contributed by atoms with E-state index in [2.05, 4.69) is 4.98 Å². The molecule has 4 rings (SSSR count). The first kappa shape index (κ1) is 15.2. The minimum absolute atomic E-state index is 0.104. The number of piperidine rings is 1. The number of fused-ring (bicyclic) bond motifs is 1. The van der Waals surface area contributed by atoms with Crippen LogP contribution < -0.4 is 0 Å². The number of halogens is 1. The monoisotopic (exact) mass is 339 g/mol. The summed E-state index contributed by atoms with van der Waals surface area (Å²) in [7, 11) is 0. The molecule has 1 aliphatic rings. The second-order valence-electron chi connectivity index (χ2n) is 6.15. The highest BCUT2D eigenvalue weighted by Gasteiger charge is 2.19. The molecule has 2 aromatic heterocycles. The number of rotatable bonds is 2. The first-order chi connectivity index (χ1) is 11.7. The van der Waals surface area contributed by atoms with Gasteiger partial charge in [-0.25, -0.2) is 4.98 Å². The molecule has 122 valence electrons. The number of imidazole rings is 1. The number of hydrogen-bond donors (Lipinski definition) is 0. The van der Waals surface area contributed by atoms with Gasteiger partial charge in [0.2, 0.25) is 0 Å². The molecule has 0 atom stereocenters. The molecule has 1 fully saturated rings. The van der Waals surface area contributed by atoms with Crippen molar-refractivity contribution in [3.63, 3.8) is 0 Å². The molecule has 1 amide bonds. The smallest absolute Gasteiger partial charge is 0.255 e. The number of likely N-dealkylation sites (tertiary alicyclic amines) is 1. The summed E-state index contributed by atoms with van der Waals surface area (Å²) in [6.45, 7) is 1.70. The molecule has 1 saturated heterocycles. The maximum absolute atomic E-state index is 12.7. The van der Waals surface area contributed by atoms with Crippen LogP contribution in [0.2, 0.25) is 5.02 Å². The predicted molar refractivity (Wildman–Crippen MR) is 95.4 cm³/mol. The van der Waals surface area contributed by atoms with Gasteiger partial charge in [-0.2, -0.15) is 0 Å². The zero-order chi connectivity index (χ0) is 16.5. The molecule has 0 aliphatic carbocycles. The third-order valence-corrected chi connectivity index (χ3v) is 4.79. The number of pyridine rings is 1. The van der Waals surface area contributed by atoms with E-state index >= 15 is 0 Å². The highest BCUT2D eigenvalue weighted by Crippen LogP contribution is 2.23. The van der Waals surface area contributed by atoms with Crippen molar-refractivity contribution < 1.29 is 4.79 Å². The van der Waals surface area contributed by atoms with Crippen LogP contribution in [-0.2, 0) is 0 Å². The third kappa shape index (κ3) is 2.78. The van der Waals surface area contributed by atoms with Crippen LogP contribution in [0.3, 0.4) is 0 Å². The van der Waals surface area contributed by atoms with Gasteiger partial charge < -0.3 is 4.90 Å². The summed E-state index contributed by atoms with van der Waals surface area (Å²) in [4.78, 5) is 19.1. The quantitative estimate of drug-likeness (QED) is 0.698. The van der Waals surface area contributed by atoms with Crippen molar-refractivity contribution in [3.8, 4) is 11.3 Å². The molecule has 0 spiro atoms. The van der Waals surface area contributed by atoms with Crippen molar-refractivity contribution in [1.29, 1.82) is 0 Å². The Morgan fingerprint density at radius 2 is 1.75 bits per heavy atom. The average Bonchev–Trinajstić information content (AvgIpc) is 3.05. The molecule has 5 heteroatoms. The minimum Gasteiger partial charge on any atom is -0.339 e. The summed E-state index contributed by atoms with van der Waals surface area (Å²) in [5, 5.41) is 0.702. The zero-order valence-corrected chi connectivity index (χ0v) is 14.0. The number of amides is 1. The Morgan fingerprint density at radius 1 is 1.00 bits per heavy atom. The van der Waals surface area contributed by atoms with E-state index in [1.807, 2.05) is 58.1 Å². The molecule has 0 saturated carbocycles. The molecule has 3 heterocycles. The summed E-state index contributed by atoms with van der Waals surface area (Å²) in [5.41, 5.74) is 3.51. The van der Waals surface area contributed by atoms with Gasteiger partial charge in [0, 0.05) is 29.9 Å². The highest BCUT2D eigenvalue weighted by molar-refractivity contribution is 6.30. The highest BCUT2D eigenvalue weighted by atomic mass is 35.5. The van der Waals surface area contributed by atoms with Crippen molar-refractivity contribution in [2.75, 3.05) is 13.1 Å². The number of benzene rings is 1. The second-order valence-corrected chi connectivity index (χ2v) is 6.59.